The van der Waals surface area contributed by atoms with Crippen molar-refractivity contribution >= 4 is 17.4 Å². The van der Waals surface area contributed by atoms with Crippen molar-refractivity contribution in [3.05, 3.63) is 59.2 Å². The van der Waals surface area contributed by atoms with Crippen molar-refractivity contribution in [1.29, 1.82) is 0 Å². The van der Waals surface area contributed by atoms with Gasteiger partial charge in [-0.05, 0) is 56.9 Å². The molecule has 8 heteroatoms. The standard InChI is InChI=1S/C25H32N4O4/c1-5-31-23(30)15-22(20-10-6-7-14-26-20)29-33-17-25(3,4)16-32-28-21-11-8-9-19-13-12-18(2)27-24(19)21/h6-7,10,12-14H,5,8-9,11,15-17H2,1-4H3/b28-21+,29-22-. The van der Waals surface area contributed by atoms with E-state index in [4.69, 9.17) is 14.4 Å². The summed E-state index contributed by atoms with van der Waals surface area (Å²) in [6, 6.07) is 9.57. The van der Waals surface area contributed by atoms with Crippen molar-refractivity contribution in [1.82, 2.24) is 9.97 Å². The van der Waals surface area contributed by atoms with Gasteiger partial charge in [0.25, 0.3) is 0 Å². The lowest BCUT2D eigenvalue weighted by atomic mass is 9.94. The van der Waals surface area contributed by atoms with E-state index in [0.717, 1.165) is 36.4 Å². The Balaban J connectivity index is 1.60. The molecule has 0 aromatic carbocycles. The molecule has 33 heavy (non-hydrogen) atoms. The van der Waals surface area contributed by atoms with E-state index in [1.165, 1.54) is 5.56 Å². The summed E-state index contributed by atoms with van der Waals surface area (Å²) in [5.74, 6) is -0.375. The summed E-state index contributed by atoms with van der Waals surface area (Å²) in [6.07, 6.45) is 4.54. The van der Waals surface area contributed by atoms with E-state index < -0.39 is 0 Å². The van der Waals surface area contributed by atoms with Gasteiger partial charge in [-0.1, -0.05) is 36.3 Å². The van der Waals surface area contributed by atoms with E-state index >= 15 is 0 Å². The van der Waals surface area contributed by atoms with Crippen LogP contribution in [0.5, 0.6) is 0 Å². The molecule has 1 aliphatic rings. The van der Waals surface area contributed by atoms with Gasteiger partial charge in [-0.15, -0.1) is 0 Å². The second-order valence-electron chi connectivity index (χ2n) is 8.80. The van der Waals surface area contributed by atoms with E-state index in [2.05, 4.69) is 26.3 Å². The zero-order valence-electron chi connectivity index (χ0n) is 19.8. The average Bonchev–Trinajstić information content (AvgIpc) is 2.79. The highest BCUT2D eigenvalue weighted by atomic mass is 16.6. The number of rotatable bonds is 10. The maximum Gasteiger partial charge on any atom is 0.312 e. The van der Waals surface area contributed by atoms with Gasteiger partial charge in [0.1, 0.15) is 24.6 Å². The number of aromatic nitrogens is 2. The zero-order valence-corrected chi connectivity index (χ0v) is 19.8. The molecule has 176 valence electrons. The number of carbonyl (C=O) groups excluding carboxylic acids is 1. The van der Waals surface area contributed by atoms with Crippen molar-refractivity contribution in [2.45, 2.75) is 53.4 Å². The molecular formula is C25H32N4O4. The van der Waals surface area contributed by atoms with Crippen molar-refractivity contribution in [3.8, 4) is 0 Å². The van der Waals surface area contributed by atoms with Crippen LogP contribution in [0.3, 0.4) is 0 Å². The molecule has 0 bridgehead atoms. The van der Waals surface area contributed by atoms with E-state index in [1.54, 1.807) is 25.3 Å². The van der Waals surface area contributed by atoms with E-state index in [1.807, 2.05) is 32.9 Å². The lowest BCUT2D eigenvalue weighted by molar-refractivity contribution is -0.141. The van der Waals surface area contributed by atoms with Crippen LogP contribution in [0.25, 0.3) is 0 Å². The van der Waals surface area contributed by atoms with Crippen LogP contribution in [-0.4, -0.2) is 47.2 Å². The molecule has 0 radical (unpaired) electrons. The first-order valence-electron chi connectivity index (χ1n) is 11.3. The van der Waals surface area contributed by atoms with E-state index in [0.29, 0.717) is 24.6 Å². The van der Waals surface area contributed by atoms with Gasteiger partial charge in [0.2, 0.25) is 0 Å². The molecule has 1 aliphatic carbocycles. The van der Waals surface area contributed by atoms with Crippen molar-refractivity contribution in [2.24, 2.45) is 15.7 Å². The van der Waals surface area contributed by atoms with Gasteiger partial charge in [-0.3, -0.25) is 14.8 Å². The summed E-state index contributed by atoms with van der Waals surface area (Å²) in [5.41, 5.74) is 4.66. The summed E-state index contributed by atoms with van der Waals surface area (Å²) >= 11 is 0. The number of nitrogens with zero attached hydrogens (tertiary/aromatic N) is 4. The third kappa shape index (κ3) is 7.37. The Bertz CT molecular complexity index is 1000. The largest absolute Gasteiger partial charge is 0.466 e. The van der Waals surface area contributed by atoms with Crippen LogP contribution in [0.1, 0.15) is 62.7 Å². The van der Waals surface area contributed by atoms with Crippen LogP contribution in [0, 0.1) is 12.3 Å². The summed E-state index contributed by atoms with van der Waals surface area (Å²) in [4.78, 5) is 32.2. The Labute approximate surface area is 195 Å². The second-order valence-corrected chi connectivity index (χ2v) is 8.80. The van der Waals surface area contributed by atoms with Gasteiger partial charge in [-0.2, -0.15) is 0 Å². The number of oxime groups is 2. The number of aryl methyl sites for hydroxylation is 2. The maximum atomic E-state index is 12.0. The van der Waals surface area contributed by atoms with Crippen molar-refractivity contribution < 1.29 is 19.2 Å². The number of fused-ring (bicyclic) bond motifs is 1. The summed E-state index contributed by atoms with van der Waals surface area (Å²) in [6.45, 7) is 8.70. The number of ether oxygens (including phenoxy) is 1. The molecule has 0 fully saturated rings. The third-order valence-corrected chi connectivity index (χ3v) is 5.09. The van der Waals surface area contributed by atoms with Crippen LogP contribution >= 0.6 is 0 Å². The normalized spacial score (nSPS) is 15.2. The molecule has 0 N–H and O–H groups in total. The minimum atomic E-state index is -0.375. The van der Waals surface area contributed by atoms with Crippen LogP contribution in [-0.2, 0) is 25.6 Å². The molecule has 0 unspecified atom stereocenters. The number of carbonyl (C=O) groups is 1. The Morgan fingerprint density at radius 1 is 1.12 bits per heavy atom. The minimum absolute atomic E-state index is 0.0126. The van der Waals surface area contributed by atoms with E-state index in [-0.39, 0.29) is 24.4 Å². The number of hydrogen-bond donors (Lipinski definition) is 0. The lowest BCUT2D eigenvalue weighted by Gasteiger charge is -2.22. The number of pyridine rings is 2. The lowest BCUT2D eigenvalue weighted by Crippen LogP contribution is -2.25. The SMILES string of the molecule is CCOC(=O)C/C(=N/OCC(C)(C)CO/N=C1\CCCc2ccc(C)nc21)c1ccccn1. The van der Waals surface area contributed by atoms with Crippen LogP contribution in [0.15, 0.2) is 46.8 Å². The van der Waals surface area contributed by atoms with E-state index in [9.17, 15) is 4.79 Å². The van der Waals surface area contributed by atoms with Gasteiger partial charge >= 0.3 is 5.97 Å². The molecule has 2 heterocycles. The molecule has 2 aromatic rings. The Hall–Kier alpha value is -3.29. The summed E-state index contributed by atoms with van der Waals surface area (Å²) < 4.78 is 5.04. The molecule has 0 aliphatic heterocycles. The van der Waals surface area contributed by atoms with Crippen LogP contribution < -0.4 is 0 Å². The van der Waals surface area contributed by atoms with Crippen LogP contribution in [0.2, 0.25) is 0 Å². The highest BCUT2D eigenvalue weighted by molar-refractivity contribution is 6.07. The Morgan fingerprint density at radius 2 is 1.94 bits per heavy atom. The number of esters is 1. The predicted octanol–water partition coefficient (Wildman–Crippen LogP) is 4.24. The Kier molecular flexibility index (Phi) is 8.52. The molecular weight excluding hydrogens is 420 g/mol. The summed E-state index contributed by atoms with van der Waals surface area (Å²) in [7, 11) is 0. The number of hydrogen-bond acceptors (Lipinski definition) is 8. The monoisotopic (exact) mass is 452 g/mol. The van der Waals surface area contributed by atoms with Gasteiger partial charge < -0.3 is 14.4 Å². The predicted molar refractivity (Wildman–Crippen MR) is 126 cm³/mol. The first-order chi connectivity index (χ1) is 15.9. The smallest absolute Gasteiger partial charge is 0.312 e. The van der Waals surface area contributed by atoms with Crippen molar-refractivity contribution in [3.63, 3.8) is 0 Å². The van der Waals surface area contributed by atoms with Gasteiger partial charge in [-0.25, -0.2) is 0 Å². The van der Waals surface area contributed by atoms with Crippen LogP contribution in [0.4, 0.5) is 0 Å². The van der Waals surface area contributed by atoms with Gasteiger partial charge in [0, 0.05) is 17.3 Å². The third-order valence-electron chi connectivity index (χ3n) is 5.09. The first-order valence-corrected chi connectivity index (χ1v) is 11.3. The van der Waals surface area contributed by atoms with Gasteiger partial charge in [0.05, 0.1) is 24.4 Å². The summed E-state index contributed by atoms with van der Waals surface area (Å²) in [5, 5.41) is 8.58. The Morgan fingerprint density at radius 3 is 2.70 bits per heavy atom. The highest BCUT2D eigenvalue weighted by Crippen LogP contribution is 2.22. The molecule has 3 rings (SSSR count). The molecule has 0 spiro atoms. The fourth-order valence-corrected chi connectivity index (χ4v) is 3.35. The molecule has 0 amide bonds. The molecule has 0 saturated heterocycles. The van der Waals surface area contributed by atoms with Crippen molar-refractivity contribution in [2.75, 3.05) is 19.8 Å². The molecule has 0 atom stereocenters. The first kappa shape index (κ1) is 24.4. The zero-order chi connectivity index (χ0) is 23.7. The fourth-order valence-electron chi connectivity index (χ4n) is 3.35. The van der Waals surface area contributed by atoms with Gasteiger partial charge in [0.15, 0.2) is 0 Å². The quantitative estimate of drug-likeness (QED) is 0.304. The molecule has 2 aromatic heterocycles. The molecule has 8 nitrogen and oxygen atoms in total. The maximum absolute atomic E-state index is 12.0. The minimum Gasteiger partial charge on any atom is -0.466 e. The average molecular weight is 453 g/mol. The second kappa shape index (κ2) is 11.5. The molecule has 0 saturated carbocycles. The topological polar surface area (TPSA) is 95.3 Å². The highest BCUT2D eigenvalue weighted by Gasteiger charge is 2.23. The fraction of sp³-hybridized carbons (Fsp3) is 0.480.